The summed E-state index contributed by atoms with van der Waals surface area (Å²) >= 11 is 0. The molecule has 0 saturated heterocycles. The van der Waals surface area contributed by atoms with E-state index in [1.54, 1.807) is 13.1 Å². The average Bonchev–Trinajstić information content (AvgIpc) is 3.33. The van der Waals surface area contributed by atoms with Gasteiger partial charge in [0.25, 0.3) is 0 Å². The third kappa shape index (κ3) is 6.76. The van der Waals surface area contributed by atoms with Crippen molar-refractivity contribution in [1.82, 2.24) is 15.5 Å². The highest BCUT2D eigenvalue weighted by Crippen LogP contribution is 2.37. The van der Waals surface area contributed by atoms with Crippen LogP contribution in [0.15, 0.2) is 84.9 Å². The van der Waals surface area contributed by atoms with E-state index in [0.29, 0.717) is 17.5 Å². The normalized spacial score (nSPS) is 12.1. The van der Waals surface area contributed by atoms with E-state index in [9.17, 15) is 9.18 Å². The van der Waals surface area contributed by atoms with Crippen molar-refractivity contribution in [3.63, 3.8) is 0 Å². The first-order valence-electron chi connectivity index (χ1n) is 13.1. The first-order valence-corrected chi connectivity index (χ1v) is 13.1. The standard InChI is InChI=1S/C32H34FN3O2/c1-3-11-27(23-12-7-6-8-13-23)31(25-17-20-29-28(22-25)32(33)36-35-29)24-15-18-26(19-16-24)38-21-10-5-4-9-14-30(37)34-2/h6-9,12-20,22H,3-5,10-11,21H2,1-2H3,(H,34,37)(H,35,36)/b14-9+,31-27+. The minimum absolute atomic E-state index is 0.0843. The number of benzene rings is 3. The molecule has 0 radical (unpaired) electrons. The molecule has 0 aliphatic carbocycles. The number of aromatic amines is 1. The average molecular weight is 512 g/mol. The quantitative estimate of drug-likeness (QED) is 0.119. The molecule has 6 heteroatoms. The lowest BCUT2D eigenvalue weighted by molar-refractivity contribution is -0.116. The number of carbonyl (C=O) groups is 1. The van der Waals surface area contributed by atoms with Gasteiger partial charge in [-0.3, -0.25) is 9.89 Å². The molecule has 0 unspecified atom stereocenters. The number of nitrogens with zero attached hydrogens (tertiary/aromatic N) is 1. The molecule has 196 valence electrons. The molecule has 0 spiro atoms. The number of hydrogen-bond donors (Lipinski definition) is 2. The lowest BCUT2D eigenvalue weighted by Gasteiger charge is -2.18. The van der Waals surface area contributed by atoms with E-state index >= 15 is 0 Å². The largest absolute Gasteiger partial charge is 0.494 e. The number of fused-ring (bicyclic) bond motifs is 1. The van der Waals surface area contributed by atoms with Gasteiger partial charge >= 0.3 is 0 Å². The van der Waals surface area contributed by atoms with Gasteiger partial charge in [-0.05, 0) is 83.9 Å². The van der Waals surface area contributed by atoms with Gasteiger partial charge in [-0.25, -0.2) is 0 Å². The number of likely N-dealkylation sites (N-methyl/N-ethyl adjacent to an activating group) is 1. The van der Waals surface area contributed by atoms with Gasteiger partial charge in [0.2, 0.25) is 11.9 Å². The van der Waals surface area contributed by atoms with Gasteiger partial charge in [0, 0.05) is 7.05 Å². The smallest absolute Gasteiger partial charge is 0.243 e. The maximum atomic E-state index is 14.4. The number of hydrogen-bond acceptors (Lipinski definition) is 3. The maximum absolute atomic E-state index is 14.4. The molecule has 5 nitrogen and oxygen atoms in total. The summed E-state index contributed by atoms with van der Waals surface area (Å²) < 4.78 is 20.4. The molecule has 0 saturated carbocycles. The Labute approximate surface area is 223 Å². The van der Waals surface area contributed by atoms with Crippen LogP contribution in [0.1, 0.15) is 55.7 Å². The third-order valence-electron chi connectivity index (χ3n) is 6.41. The molecule has 0 aliphatic heterocycles. The van der Waals surface area contributed by atoms with Gasteiger partial charge in [0.1, 0.15) is 5.75 Å². The highest BCUT2D eigenvalue weighted by Gasteiger charge is 2.16. The van der Waals surface area contributed by atoms with Crippen molar-refractivity contribution in [2.75, 3.05) is 13.7 Å². The summed E-state index contributed by atoms with van der Waals surface area (Å²) in [5, 5.41) is 9.55. The fourth-order valence-electron chi connectivity index (χ4n) is 4.50. The van der Waals surface area contributed by atoms with Gasteiger partial charge < -0.3 is 10.1 Å². The van der Waals surface area contributed by atoms with E-state index < -0.39 is 5.95 Å². The van der Waals surface area contributed by atoms with Crippen molar-refractivity contribution >= 4 is 28.0 Å². The van der Waals surface area contributed by atoms with Gasteiger partial charge in [0.15, 0.2) is 0 Å². The van der Waals surface area contributed by atoms with Crippen LogP contribution in [0.4, 0.5) is 4.39 Å². The zero-order valence-corrected chi connectivity index (χ0v) is 22.0. The Balaban J connectivity index is 1.58. The van der Waals surface area contributed by atoms with Crippen LogP contribution in [-0.4, -0.2) is 29.8 Å². The van der Waals surface area contributed by atoms with Crippen LogP contribution in [0.2, 0.25) is 0 Å². The fraction of sp³-hybridized carbons (Fsp3) is 0.250. The van der Waals surface area contributed by atoms with Crippen molar-refractivity contribution < 1.29 is 13.9 Å². The molecule has 3 aromatic carbocycles. The molecular weight excluding hydrogens is 477 g/mol. The van der Waals surface area contributed by atoms with E-state index in [1.165, 1.54) is 5.57 Å². The van der Waals surface area contributed by atoms with Gasteiger partial charge in [-0.2, -0.15) is 9.49 Å². The topological polar surface area (TPSA) is 67.0 Å². The van der Waals surface area contributed by atoms with Gasteiger partial charge in [-0.1, -0.05) is 68.0 Å². The number of H-pyrrole nitrogens is 1. The summed E-state index contributed by atoms with van der Waals surface area (Å²) in [4.78, 5) is 11.2. The van der Waals surface area contributed by atoms with Crippen LogP contribution in [0.25, 0.3) is 22.0 Å². The second-order valence-corrected chi connectivity index (χ2v) is 9.12. The van der Waals surface area contributed by atoms with Crippen LogP contribution in [-0.2, 0) is 4.79 Å². The molecule has 4 aromatic rings. The highest BCUT2D eigenvalue weighted by atomic mass is 19.1. The minimum Gasteiger partial charge on any atom is -0.494 e. The fourth-order valence-corrected chi connectivity index (χ4v) is 4.50. The van der Waals surface area contributed by atoms with E-state index in [-0.39, 0.29) is 5.91 Å². The van der Waals surface area contributed by atoms with E-state index in [2.05, 4.69) is 46.7 Å². The number of aromatic nitrogens is 2. The zero-order valence-electron chi connectivity index (χ0n) is 22.0. The lowest BCUT2D eigenvalue weighted by Crippen LogP contribution is -2.13. The molecular formula is C32H34FN3O2. The minimum atomic E-state index is -0.425. The molecule has 1 aromatic heterocycles. The van der Waals surface area contributed by atoms with Crippen molar-refractivity contribution in [3.8, 4) is 5.75 Å². The van der Waals surface area contributed by atoms with E-state index in [0.717, 1.165) is 60.1 Å². The van der Waals surface area contributed by atoms with Crippen LogP contribution in [0, 0.1) is 5.95 Å². The molecule has 2 N–H and O–H groups in total. The first-order chi connectivity index (χ1) is 18.6. The van der Waals surface area contributed by atoms with Crippen molar-refractivity contribution in [2.24, 2.45) is 0 Å². The Kier molecular flexibility index (Phi) is 9.46. The van der Waals surface area contributed by atoms with E-state index in [4.69, 9.17) is 4.74 Å². The van der Waals surface area contributed by atoms with Crippen LogP contribution in [0.3, 0.4) is 0 Å². The SMILES string of the molecule is CCC/C(=C(/c1ccc(OCCCC/C=C/C(=O)NC)cc1)c1ccc2n[nH]c(F)c2c1)c1ccccc1. The Morgan fingerprint density at radius 2 is 1.76 bits per heavy atom. The van der Waals surface area contributed by atoms with Crippen LogP contribution in [0.5, 0.6) is 5.75 Å². The molecule has 1 amide bonds. The maximum Gasteiger partial charge on any atom is 0.243 e. The lowest BCUT2D eigenvalue weighted by atomic mass is 9.87. The Bertz CT molecular complexity index is 1410. The highest BCUT2D eigenvalue weighted by molar-refractivity contribution is 6.00. The number of rotatable bonds is 12. The number of unbranched alkanes of at least 4 members (excludes halogenated alkanes) is 2. The molecule has 1 heterocycles. The van der Waals surface area contributed by atoms with Crippen LogP contribution < -0.4 is 10.1 Å². The number of nitrogens with one attached hydrogen (secondary N) is 2. The monoisotopic (exact) mass is 511 g/mol. The Hall–Kier alpha value is -4.19. The summed E-state index contributed by atoms with van der Waals surface area (Å²) in [6.07, 6.45) is 8.00. The van der Waals surface area contributed by atoms with Gasteiger partial charge in [0.05, 0.1) is 17.5 Å². The Morgan fingerprint density at radius 1 is 1.00 bits per heavy atom. The summed E-state index contributed by atoms with van der Waals surface area (Å²) in [7, 11) is 1.62. The second-order valence-electron chi connectivity index (χ2n) is 9.12. The molecule has 4 rings (SSSR count). The molecule has 38 heavy (non-hydrogen) atoms. The Morgan fingerprint density at radius 3 is 2.50 bits per heavy atom. The summed E-state index contributed by atoms with van der Waals surface area (Å²) in [6, 6.07) is 24.3. The zero-order chi connectivity index (χ0) is 26.7. The summed E-state index contributed by atoms with van der Waals surface area (Å²) in [5.74, 6) is 0.298. The number of halogens is 1. The first kappa shape index (κ1) is 26.9. The second kappa shape index (κ2) is 13.4. The van der Waals surface area contributed by atoms with Gasteiger partial charge in [-0.15, -0.1) is 0 Å². The molecule has 0 bridgehead atoms. The predicted molar refractivity (Wildman–Crippen MR) is 152 cm³/mol. The number of allylic oxidation sites excluding steroid dienone is 2. The number of ether oxygens (including phenoxy) is 1. The summed E-state index contributed by atoms with van der Waals surface area (Å²) in [5.41, 5.74) is 6.05. The number of amides is 1. The molecule has 0 aliphatic rings. The molecule has 0 fully saturated rings. The predicted octanol–water partition coefficient (Wildman–Crippen LogP) is 7.31. The van der Waals surface area contributed by atoms with Crippen molar-refractivity contribution in [3.05, 3.63) is 108 Å². The van der Waals surface area contributed by atoms with Crippen LogP contribution >= 0.6 is 0 Å². The van der Waals surface area contributed by atoms with Crippen molar-refractivity contribution in [1.29, 1.82) is 0 Å². The molecule has 0 atom stereocenters. The van der Waals surface area contributed by atoms with Crippen molar-refractivity contribution in [2.45, 2.75) is 39.0 Å². The van der Waals surface area contributed by atoms with E-state index in [1.807, 2.05) is 54.6 Å². The summed E-state index contributed by atoms with van der Waals surface area (Å²) in [6.45, 7) is 2.78. The number of carbonyl (C=O) groups excluding carboxylic acids is 1. The third-order valence-corrected chi connectivity index (χ3v) is 6.41.